The third kappa shape index (κ3) is 2.78. The highest BCUT2D eigenvalue weighted by atomic mass is 16.3. The Hall–Kier alpha value is -2.67. The number of anilines is 1. The summed E-state index contributed by atoms with van der Waals surface area (Å²) in [5.41, 5.74) is 1.93. The first kappa shape index (κ1) is 14.9. The fraction of sp³-hybridized carbons (Fsp3) is 0.353. The molecule has 24 heavy (non-hydrogen) atoms. The molecule has 1 aliphatic carbocycles. The molecule has 0 aromatic carbocycles. The van der Waals surface area contributed by atoms with Gasteiger partial charge in [-0.3, -0.25) is 9.78 Å². The summed E-state index contributed by atoms with van der Waals surface area (Å²) in [5, 5.41) is 14.2. The molecule has 0 saturated heterocycles. The number of aliphatic hydroxyl groups is 1. The van der Waals surface area contributed by atoms with E-state index in [4.69, 9.17) is 0 Å². The minimum absolute atomic E-state index is 0.0817. The van der Waals surface area contributed by atoms with Crippen LogP contribution in [0.4, 0.5) is 5.95 Å². The van der Waals surface area contributed by atoms with Crippen molar-refractivity contribution in [1.82, 2.24) is 19.9 Å². The van der Waals surface area contributed by atoms with Gasteiger partial charge in [0.1, 0.15) is 5.65 Å². The van der Waals surface area contributed by atoms with Crippen LogP contribution in [0.3, 0.4) is 0 Å². The first-order chi connectivity index (χ1) is 11.7. The lowest BCUT2D eigenvalue weighted by atomic mass is 9.93. The van der Waals surface area contributed by atoms with Crippen LogP contribution in [-0.4, -0.2) is 37.2 Å². The smallest absolute Gasteiger partial charge is 0.252 e. The Morgan fingerprint density at radius 3 is 3.04 bits per heavy atom. The molecule has 0 radical (unpaired) electrons. The molecular weight excluding hydrogens is 306 g/mol. The van der Waals surface area contributed by atoms with Gasteiger partial charge in [0.15, 0.2) is 0 Å². The monoisotopic (exact) mass is 325 g/mol. The Bertz CT molecular complexity index is 916. The summed E-state index contributed by atoms with van der Waals surface area (Å²) < 4.78 is 0. The molecule has 1 saturated carbocycles. The highest BCUT2D eigenvalue weighted by Gasteiger charge is 2.23. The number of aromatic amines is 2. The predicted octanol–water partition coefficient (Wildman–Crippen LogP) is 2.03. The van der Waals surface area contributed by atoms with Gasteiger partial charge in [-0.05, 0) is 25.0 Å². The summed E-state index contributed by atoms with van der Waals surface area (Å²) in [5.74, 6) is 0.390. The van der Waals surface area contributed by atoms with E-state index in [0.29, 0.717) is 11.6 Å². The van der Waals surface area contributed by atoms with Crippen molar-refractivity contribution in [2.24, 2.45) is 0 Å². The molecule has 7 nitrogen and oxygen atoms in total. The van der Waals surface area contributed by atoms with Gasteiger partial charge in [-0.1, -0.05) is 12.8 Å². The maximum atomic E-state index is 12.0. The predicted molar refractivity (Wildman–Crippen MR) is 91.8 cm³/mol. The number of nitrogens with zero attached hydrogens (tertiary/aromatic N) is 2. The van der Waals surface area contributed by atoms with Crippen molar-refractivity contribution < 1.29 is 5.11 Å². The molecule has 7 heteroatoms. The van der Waals surface area contributed by atoms with E-state index in [2.05, 4.69) is 25.3 Å². The van der Waals surface area contributed by atoms with Crippen molar-refractivity contribution in [3.63, 3.8) is 0 Å². The van der Waals surface area contributed by atoms with Gasteiger partial charge in [0.05, 0.1) is 17.8 Å². The number of hydrogen-bond acceptors (Lipinski definition) is 5. The molecule has 3 aromatic rings. The average molecular weight is 325 g/mol. The minimum Gasteiger partial charge on any atom is -0.391 e. The molecule has 4 N–H and O–H groups in total. The molecule has 1 fully saturated rings. The van der Waals surface area contributed by atoms with Gasteiger partial charge in [-0.15, -0.1) is 0 Å². The normalized spacial score (nSPS) is 21.0. The second kappa shape index (κ2) is 6.09. The molecule has 124 valence electrons. The zero-order chi connectivity index (χ0) is 16.5. The fourth-order valence-electron chi connectivity index (χ4n) is 3.29. The van der Waals surface area contributed by atoms with Crippen molar-refractivity contribution in [3.05, 3.63) is 40.9 Å². The molecule has 3 heterocycles. The Morgan fingerprint density at radius 2 is 2.17 bits per heavy atom. The summed E-state index contributed by atoms with van der Waals surface area (Å²) in [6.45, 7) is 0. The number of H-pyrrole nitrogens is 2. The zero-order valence-electron chi connectivity index (χ0n) is 13.1. The van der Waals surface area contributed by atoms with E-state index in [9.17, 15) is 9.90 Å². The molecule has 0 spiro atoms. The maximum Gasteiger partial charge on any atom is 0.252 e. The number of rotatable bonds is 3. The number of pyridine rings is 1. The lowest BCUT2D eigenvalue weighted by molar-refractivity contribution is 0.116. The lowest BCUT2D eigenvalue weighted by Crippen LogP contribution is -2.37. The molecule has 1 aliphatic rings. The fourth-order valence-corrected chi connectivity index (χ4v) is 3.29. The first-order valence-electron chi connectivity index (χ1n) is 8.19. The van der Waals surface area contributed by atoms with Crippen LogP contribution in [0.2, 0.25) is 0 Å². The van der Waals surface area contributed by atoms with Crippen LogP contribution < -0.4 is 10.9 Å². The van der Waals surface area contributed by atoms with Gasteiger partial charge >= 0.3 is 0 Å². The van der Waals surface area contributed by atoms with Crippen LogP contribution >= 0.6 is 0 Å². The van der Waals surface area contributed by atoms with Crippen molar-refractivity contribution in [1.29, 1.82) is 0 Å². The quantitative estimate of drug-likeness (QED) is 0.589. The second-order valence-electron chi connectivity index (χ2n) is 6.18. The summed E-state index contributed by atoms with van der Waals surface area (Å²) in [7, 11) is 0. The molecular formula is C17H19N5O2. The van der Waals surface area contributed by atoms with Gasteiger partial charge in [0.2, 0.25) is 5.95 Å². The molecule has 2 unspecified atom stereocenters. The van der Waals surface area contributed by atoms with E-state index in [0.717, 1.165) is 42.3 Å². The second-order valence-corrected chi connectivity index (χ2v) is 6.18. The van der Waals surface area contributed by atoms with Crippen LogP contribution in [0.5, 0.6) is 0 Å². The van der Waals surface area contributed by atoms with Gasteiger partial charge in [0, 0.05) is 29.4 Å². The lowest BCUT2D eigenvalue weighted by Gasteiger charge is -2.28. The molecule has 0 aliphatic heterocycles. The number of fused-ring (bicyclic) bond motifs is 1. The van der Waals surface area contributed by atoms with Crippen molar-refractivity contribution in [2.45, 2.75) is 37.8 Å². The van der Waals surface area contributed by atoms with Crippen LogP contribution in [0.25, 0.3) is 22.3 Å². The number of nitrogens with one attached hydrogen (secondary N) is 3. The molecule has 4 rings (SSSR count). The zero-order valence-corrected chi connectivity index (χ0v) is 13.1. The van der Waals surface area contributed by atoms with Crippen LogP contribution in [0.1, 0.15) is 25.7 Å². The summed E-state index contributed by atoms with van der Waals surface area (Å²) in [6.07, 6.45) is 6.84. The molecule has 3 aromatic heterocycles. The molecule has 0 bridgehead atoms. The van der Waals surface area contributed by atoms with Gasteiger partial charge in [-0.2, -0.15) is 0 Å². The van der Waals surface area contributed by atoms with Crippen molar-refractivity contribution in [2.75, 3.05) is 5.32 Å². The Balaban J connectivity index is 1.70. The Morgan fingerprint density at radius 1 is 1.29 bits per heavy atom. The molecule has 2 atom stereocenters. The third-order valence-electron chi connectivity index (χ3n) is 4.52. The highest BCUT2D eigenvalue weighted by molar-refractivity contribution is 5.92. The SMILES string of the molecule is O=c1cc(-c2c[nH]c3ncccc23)nc(NC2CCCCC2O)[nH]1. The standard InChI is InChI=1S/C17H19N5O2/c23-14-6-2-1-5-12(14)20-17-21-13(8-15(24)22-17)11-9-19-16-10(11)4-3-7-18-16/h3-4,7-9,12,14,23H,1-2,5-6H2,(H,18,19)(H2,20,21,22,24). The average Bonchev–Trinajstić information content (AvgIpc) is 3.01. The van der Waals surface area contributed by atoms with E-state index in [1.807, 2.05) is 12.1 Å². The summed E-state index contributed by atoms with van der Waals surface area (Å²) >= 11 is 0. The van der Waals surface area contributed by atoms with E-state index >= 15 is 0 Å². The van der Waals surface area contributed by atoms with Gasteiger partial charge in [0.25, 0.3) is 5.56 Å². The summed E-state index contributed by atoms with van der Waals surface area (Å²) in [6, 6.07) is 5.18. The topological polar surface area (TPSA) is 107 Å². The van der Waals surface area contributed by atoms with E-state index in [-0.39, 0.29) is 11.6 Å². The third-order valence-corrected chi connectivity index (χ3v) is 4.52. The number of hydrogen-bond donors (Lipinski definition) is 4. The Labute approximate surface area is 138 Å². The van der Waals surface area contributed by atoms with Crippen LogP contribution in [0.15, 0.2) is 35.4 Å². The minimum atomic E-state index is -0.412. The van der Waals surface area contributed by atoms with E-state index < -0.39 is 6.10 Å². The number of aliphatic hydroxyl groups excluding tert-OH is 1. The first-order valence-corrected chi connectivity index (χ1v) is 8.19. The van der Waals surface area contributed by atoms with Crippen molar-refractivity contribution >= 4 is 17.0 Å². The van der Waals surface area contributed by atoms with E-state index in [1.54, 1.807) is 12.4 Å². The highest BCUT2D eigenvalue weighted by Crippen LogP contribution is 2.26. The van der Waals surface area contributed by atoms with E-state index in [1.165, 1.54) is 6.07 Å². The summed E-state index contributed by atoms with van der Waals surface area (Å²) in [4.78, 5) is 26.6. The van der Waals surface area contributed by atoms with Crippen LogP contribution in [-0.2, 0) is 0 Å². The maximum absolute atomic E-state index is 12.0. The van der Waals surface area contributed by atoms with Gasteiger partial charge < -0.3 is 15.4 Å². The van der Waals surface area contributed by atoms with Crippen molar-refractivity contribution in [3.8, 4) is 11.3 Å². The Kier molecular flexibility index (Phi) is 3.78. The molecule has 0 amide bonds. The number of aromatic nitrogens is 4. The van der Waals surface area contributed by atoms with Crippen LogP contribution in [0, 0.1) is 0 Å². The van der Waals surface area contributed by atoms with Gasteiger partial charge in [-0.25, -0.2) is 9.97 Å². The largest absolute Gasteiger partial charge is 0.391 e.